The highest BCUT2D eigenvalue weighted by molar-refractivity contribution is 8.00. The number of imide groups is 1. The van der Waals surface area contributed by atoms with Crippen LogP contribution < -0.4 is 10.6 Å². The maximum atomic E-state index is 11.6. The van der Waals surface area contributed by atoms with Crippen LogP contribution in [0.4, 0.5) is 4.79 Å². The molecule has 0 aliphatic carbocycles. The average Bonchev–Trinajstić information content (AvgIpc) is 2.38. The van der Waals surface area contributed by atoms with Crippen molar-refractivity contribution in [3.8, 4) is 0 Å². The molecule has 3 amide bonds. The zero-order valence-corrected chi connectivity index (χ0v) is 13.3. The number of carbonyl (C=O) groups is 2. The second-order valence-corrected chi connectivity index (χ2v) is 6.24. The molecule has 2 N–H and O–H groups in total. The fourth-order valence-electron chi connectivity index (χ4n) is 1.46. The van der Waals surface area contributed by atoms with E-state index in [2.05, 4.69) is 17.6 Å². The van der Waals surface area contributed by atoms with Crippen molar-refractivity contribution in [1.29, 1.82) is 0 Å². The Balaban J connectivity index is 2.35. The number of urea groups is 1. The minimum atomic E-state index is -0.426. The van der Waals surface area contributed by atoms with Crippen LogP contribution in [0, 0.1) is 19.8 Å². The van der Waals surface area contributed by atoms with Gasteiger partial charge in [-0.2, -0.15) is 0 Å². The van der Waals surface area contributed by atoms with E-state index in [1.165, 1.54) is 22.9 Å². The molecular weight excluding hydrogens is 272 g/mol. The number of carbonyl (C=O) groups excluding carboxylic acids is 2. The zero-order valence-electron chi connectivity index (χ0n) is 12.4. The van der Waals surface area contributed by atoms with Gasteiger partial charge in [-0.05, 0) is 43.0 Å². The van der Waals surface area contributed by atoms with Gasteiger partial charge in [0.15, 0.2) is 0 Å². The Hall–Kier alpha value is -1.49. The van der Waals surface area contributed by atoms with E-state index in [9.17, 15) is 9.59 Å². The first-order valence-corrected chi connectivity index (χ1v) is 7.64. The maximum Gasteiger partial charge on any atom is 0.321 e. The largest absolute Gasteiger partial charge is 0.338 e. The van der Waals surface area contributed by atoms with E-state index in [-0.39, 0.29) is 11.7 Å². The molecule has 0 aromatic heterocycles. The lowest BCUT2D eigenvalue weighted by Crippen LogP contribution is -2.41. The van der Waals surface area contributed by atoms with E-state index in [4.69, 9.17) is 0 Å². The summed E-state index contributed by atoms with van der Waals surface area (Å²) < 4.78 is 0. The predicted molar refractivity (Wildman–Crippen MR) is 83.0 cm³/mol. The summed E-state index contributed by atoms with van der Waals surface area (Å²) in [5.74, 6) is 0.313. The maximum absolute atomic E-state index is 11.6. The summed E-state index contributed by atoms with van der Waals surface area (Å²) >= 11 is 1.43. The molecule has 1 aromatic carbocycles. The van der Waals surface area contributed by atoms with E-state index < -0.39 is 6.03 Å². The van der Waals surface area contributed by atoms with Crippen LogP contribution in [0.5, 0.6) is 0 Å². The van der Waals surface area contributed by atoms with Crippen molar-refractivity contribution in [2.45, 2.75) is 32.6 Å². The lowest BCUT2D eigenvalue weighted by molar-refractivity contribution is -0.117. The molecule has 0 aliphatic rings. The summed E-state index contributed by atoms with van der Waals surface area (Å²) in [4.78, 5) is 24.1. The summed E-state index contributed by atoms with van der Waals surface area (Å²) in [6, 6.07) is 5.64. The van der Waals surface area contributed by atoms with E-state index >= 15 is 0 Å². The molecule has 0 fully saturated rings. The normalized spacial score (nSPS) is 10.4. The first kappa shape index (κ1) is 16.6. The molecule has 0 unspecified atom stereocenters. The van der Waals surface area contributed by atoms with Crippen LogP contribution in [0.1, 0.15) is 25.0 Å². The molecule has 0 heterocycles. The van der Waals surface area contributed by atoms with Crippen molar-refractivity contribution >= 4 is 23.7 Å². The average molecular weight is 294 g/mol. The molecule has 1 aromatic rings. The van der Waals surface area contributed by atoms with Crippen molar-refractivity contribution in [2.24, 2.45) is 5.92 Å². The van der Waals surface area contributed by atoms with E-state index in [1.54, 1.807) is 0 Å². The third-order valence-electron chi connectivity index (χ3n) is 2.77. The van der Waals surface area contributed by atoms with Crippen LogP contribution >= 0.6 is 11.8 Å². The van der Waals surface area contributed by atoms with Crippen molar-refractivity contribution in [2.75, 3.05) is 12.3 Å². The summed E-state index contributed by atoms with van der Waals surface area (Å²) in [5.41, 5.74) is 2.43. The van der Waals surface area contributed by atoms with Gasteiger partial charge in [0.25, 0.3) is 0 Å². The molecule has 0 saturated heterocycles. The van der Waals surface area contributed by atoms with Gasteiger partial charge in [-0.25, -0.2) is 4.79 Å². The van der Waals surface area contributed by atoms with Gasteiger partial charge in [0.1, 0.15) is 0 Å². The quantitative estimate of drug-likeness (QED) is 0.821. The standard InChI is InChI=1S/C15H22N2O2S/c1-10(2)8-16-15(19)17-14(18)9-20-13-6-5-11(3)12(4)7-13/h5-7,10H,8-9H2,1-4H3,(H2,16,17,18,19). The molecular formula is C15H22N2O2S. The summed E-state index contributed by atoms with van der Waals surface area (Å²) in [7, 11) is 0. The summed E-state index contributed by atoms with van der Waals surface area (Å²) in [5, 5.41) is 4.97. The lowest BCUT2D eigenvalue weighted by atomic mass is 10.1. The number of thioether (sulfide) groups is 1. The molecule has 20 heavy (non-hydrogen) atoms. The van der Waals surface area contributed by atoms with Gasteiger partial charge in [0, 0.05) is 11.4 Å². The Bertz CT molecular complexity index is 487. The minimum Gasteiger partial charge on any atom is -0.338 e. The van der Waals surface area contributed by atoms with Gasteiger partial charge in [0.2, 0.25) is 5.91 Å². The zero-order chi connectivity index (χ0) is 15.1. The fraction of sp³-hybridized carbons (Fsp3) is 0.467. The Kier molecular flexibility index (Phi) is 6.58. The number of benzene rings is 1. The van der Waals surface area contributed by atoms with Crippen LogP contribution in [0.15, 0.2) is 23.1 Å². The SMILES string of the molecule is Cc1ccc(SCC(=O)NC(=O)NCC(C)C)cc1C. The van der Waals surface area contributed by atoms with Crippen LogP contribution in [0.25, 0.3) is 0 Å². The Morgan fingerprint density at radius 2 is 1.90 bits per heavy atom. The second kappa shape index (κ2) is 7.94. The lowest BCUT2D eigenvalue weighted by Gasteiger charge is -2.09. The van der Waals surface area contributed by atoms with E-state index in [0.717, 1.165) is 4.90 Å². The number of hydrogen-bond acceptors (Lipinski definition) is 3. The molecule has 4 nitrogen and oxygen atoms in total. The van der Waals surface area contributed by atoms with Crippen molar-refractivity contribution < 1.29 is 9.59 Å². The van der Waals surface area contributed by atoms with Crippen LogP contribution in [0.2, 0.25) is 0 Å². The molecule has 1 rings (SSSR count). The Labute approximate surface area is 124 Å². The van der Waals surface area contributed by atoms with Gasteiger partial charge in [-0.15, -0.1) is 11.8 Å². The second-order valence-electron chi connectivity index (χ2n) is 5.19. The van der Waals surface area contributed by atoms with E-state index in [1.807, 2.05) is 39.0 Å². The molecule has 0 saturated carbocycles. The summed E-state index contributed by atoms with van der Waals surface area (Å²) in [6.07, 6.45) is 0. The number of rotatable bonds is 5. The number of amides is 3. The monoisotopic (exact) mass is 294 g/mol. The molecule has 0 atom stereocenters. The summed E-state index contributed by atoms with van der Waals surface area (Å²) in [6.45, 7) is 8.65. The van der Waals surface area contributed by atoms with Crippen molar-refractivity contribution in [3.63, 3.8) is 0 Å². The van der Waals surface area contributed by atoms with Gasteiger partial charge < -0.3 is 5.32 Å². The topological polar surface area (TPSA) is 58.2 Å². The Morgan fingerprint density at radius 3 is 2.50 bits per heavy atom. The van der Waals surface area contributed by atoms with Gasteiger partial charge in [0.05, 0.1) is 5.75 Å². The fourth-order valence-corrected chi connectivity index (χ4v) is 2.25. The molecule has 110 valence electrons. The third-order valence-corrected chi connectivity index (χ3v) is 3.77. The van der Waals surface area contributed by atoms with Crippen molar-refractivity contribution in [1.82, 2.24) is 10.6 Å². The van der Waals surface area contributed by atoms with Crippen molar-refractivity contribution in [3.05, 3.63) is 29.3 Å². The van der Waals surface area contributed by atoms with Gasteiger partial charge in [-0.3, -0.25) is 10.1 Å². The first-order valence-electron chi connectivity index (χ1n) is 6.66. The van der Waals surface area contributed by atoms with Crippen LogP contribution in [-0.4, -0.2) is 24.2 Å². The highest BCUT2D eigenvalue weighted by atomic mass is 32.2. The smallest absolute Gasteiger partial charge is 0.321 e. The van der Waals surface area contributed by atoms with E-state index in [0.29, 0.717) is 12.5 Å². The molecule has 0 radical (unpaired) electrons. The molecule has 5 heteroatoms. The number of hydrogen-bond donors (Lipinski definition) is 2. The minimum absolute atomic E-state index is 0.234. The van der Waals surface area contributed by atoms with Gasteiger partial charge in [-0.1, -0.05) is 19.9 Å². The highest BCUT2D eigenvalue weighted by Crippen LogP contribution is 2.20. The van der Waals surface area contributed by atoms with Gasteiger partial charge >= 0.3 is 6.03 Å². The molecule has 0 bridgehead atoms. The third kappa shape index (κ3) is 6.10. The molecule has 0 aliphatic heterocycles. The highest BCUT2D eigenvalue weighted by Gasteiger charge is 2.08. The number of aryl methyl sites for hydroxylation is 2. The first-order chi connectivity index (χ1) is 9.38. The van der Waals surface area contributed by atoms with Crippen LogP contribution in [-0.2, 0) is 4.79 Å². The van der Waals surface area contributed by atoms with Crippen LogP contribution in [0.3, 0.4) is 0 Å². The molecule has 0 spiro atoms. The number of nitrogens with one attached hydrogen (secondary N) is 2. The Morgan fingerprint density at radius 1 is 1.20 bits per heavy atom. The predicted octanol–water partition coefficient (Wildman–Crippen LogP) is 2.88.